The summed E-state index contributed by atoms with van der Waals surface area (Å²) in [7, 11) is 2.14. The normalized spacial score (nSPS) is 17.5. The molecule has 0 unspecified atom stereocenters. The highest BCUT2D eigenvalue weighted by Gasteiger charge is 2.15. The number of thiazole rings is 1. The molecule has 3 heterocycles. The average Bonchev–Trinajstić information content (AvgIpc) is 2.94. The van der Waals surface area contributed by atoms with Crippen LogP contribution in [0.2, 0.25) is 0 Å². The Morgan fingerprint density at radius 3 is 2.91 bits per heavy atom. The van der Waals surface area contributed by atoms with Crippen LogP contribution in [0, 0.1) is 13.8 Å². The molecule has 0 saturated carbocycles. The number of carbonyl (C=O) groups excluding carboxylic acids is 1. The van der Waals surface area contributed by atoms with Crippen LogP contribution in [0.15, 0.2) is 6.20 Å². The Balaban J connectivity index is 1.51. The van der Waals surface area contributed by atoms with Gasteiger partial charge in [-0.1, -0.05) is 0 Å². The van der Waals surface area contributed by atoms with Crippen molar-refractivity contribution in [3.63, 3.8) is 0 Å². The van der Waals surface area contributed by atoms with E-state index in [1.165, 1.54) is 10.6 Å². The number of likely N-dealkylation sites (N-methyl/N-ethyl adjacent to an activating group) is 1. The maximum Gasteiger partial charge on any atom is 0.234 e. The third kappa shape index (κ3) is 3.91. The first-order valence-corrected chi connectivity index (χ1v) is 8.96. The fraction of sp³-hybridized carbons (Fsp3) is 0.625. The Labute approximate surface area is 141 Å². The first-order valence-electron chi connectivity index (χ1n) is 8.14. The molecule has 0 bridgehead atoms. The second kappa shape index (κ2) is 6.98. The van der Waals surface area contributed by atoms with Crippen molar-refractivity contribution < 1.29 is 4.79 Å². The van der Waals surface area contributed by atoms with Gasteiger partial charge in [0.05, 0.1) is 18.8 Å². The summed E-state index contributed by atoms with van der Waals surface area (Å²) >= 11 is 1.69. The number of nitrogens with zero attached hydrogens (tertiary/aromatic N) is 4. The fourth-order valence-electron chi connectivity index (χ4n) is 2.89. The van der Waals surface area contributed by atoms with E-state index in [2.05, 4.69) is 45.4 Å². The van der Waals surface area contributed by atoms with E-state index >= 15 is 0 Å². The monoisotopic (exact) mass is 335 g/mol. The zero-order chi connectivity index (χ0) is 16.4. The molecule has 2 aromatic heterocycles. The van der Waals surface area contributed by atoms with Crippen molar-refractivity contribution in [1.82, 2.24) is 24.5 Å². The van der Waals surface area contributed by atoms with Crippen molar-refractivity contribution in [2.24, 2.45) is 0 Å². The van der Waals surface area contributed by atoms with Gasteiger partial charge in [0, 0.05) is 29.9 Å². The molecule has 126 valence electrons. The molecule has 23 heavy (non-hydrogen) atoms. The van der Waals surface area contributed by atoms with Crippen LogP contribution < -0.4 is 5.32 Å². The average molecular weight is 335 g/mol. The molecule has 1 aliphatic rings. The molecule has 0 aromatic carbocycles. The van der Waals surface area contributed by atoms with Crippen molar-refractivity contribution in [2.75, 3.05) is 39.8 Å². The summed E-state index contributed by atoms with van der Waals surface area (Å²) in [6, 6.07) is 0. The predicted octanol–water partition coefficient (Wildman–Crippen LogP) is 1.27. The van der Waals surface area contributed by atoms with Gasteiger partial charge in [-0.25, -0.2) is 4.98 Å². The number of rotatable bonds is 4. The summed E-state index contributed by atoms with van der Waals surface area (Å²) in [5.41, 5.74) is 2.15. The summed E-state index contributed by atoms with van der Waals surface area (Å²) in [5.74, 6) is 0.0822. The number of imidazole rings is 1. The molecule has 1 amide bonds. The molecule has 3 rings (SSSR count). The molecule has 1 N–H and O–H groups in total. The van der Waals surface area contributed by atoms with Gasteiger partial charge in [0.25, 0.3) is 0 Å². The maximum atomic E-state index is 12.2. The number of nitrogens with one attached hydrogen (secondary N) is 1. The van der Waals surface area contributed by atoms with Crippen LogP contribution in [0.5, 0.6) is 0 Å². The number of fused-ring (bicyclic) bond motifs is 1. The van der Waals surface area contributed by atoms with Gasteiger partial charge in [0.1, 0.15) is 0 Å². The van der Waals surface area contributed by atoms with Crippen LogP contribution >= 0.6 is 11.3 Å². The number of aryl methyl sites for hydroxylation is 2. The molecule has 1 saturated heterocycles. The second-order valence-corrected chi connectivity index (χ2v) is 7.52. The lowest BCUT2D eigenvalue weighted by atomic mass is 10.3. The molecule has 1 aliphatic heterocycles. The summed E-state index contributed by atoms with van der Waals surface area (Å²) in [6.07, 6.45) is 3.15. The molecule has 0 spiro atoms. The number of hydrogen-bond acceptors (Lipinski definition) is 5. The van der Waals surface area contributed by atoms with Gasteiger partial charge >= 0.3 is 0 Å². The van der Waals surface area contributed by atoms with Crippen molar-refractivity contribution in [2.45, 2.75) is 26.8 Å². The van der Waals surface area contributed by atoms with Crippen molar-refractivity contribution in [3.05, 3.63) is 22.5 Å². The highest BCUT2D eigenvalue weighted by molar-refractivity contribution is 7.17. The molecule has 6 nitrogen and oxygen atoms in total. The molecule has 1 fully saturated rings. The Kier molecular flexibility index (Phi) is 4.99. The highest BCUT2D eigenvalue weighted by atomic mass is 32.1. The van der Waals surface area contributed by atoms with Crippen molar-refractivity contribution >= 4 is 22.2 Å². The van der Waals surface area contributed by atoms with Crippen LogP contribution in [0.4, 0.5) is 0 Å². The van der Waals surface area contributed by atoms with Gasteiger partial charge in [-0.3, -0.25) is 14.1 Å². The third-order valence-corrected chi connectivity index (χ3v) is 5.56. The fourth-order valence-corrected chi connectivity index (χ4v) is 3.86. The zero-order valence-electron chi connectivity index (χ0n) is 14.1. The first kappa shape index (κ1) is 16.4. The van der Waals surface area contributed by atoms with E-state index in [-0.39, 0.29) is 5.91 Å². The van der Waals surface area contributed by atoms with E-state index in [0.29, 0.717) is 13.1 Å². The Morgan fingerprint density at radius 2 is 2.13 bits per heavy atom. The Bertz CT molecular complexity index is 692. The standard InChI is InChI=1S/C16H25N5OS/c1-12-13(2)23-16-18-14(10-21(12)16)9-17-15(22)11-20-6-4-5-19(3)7-8-20/h10H,4-9,11H2,1-3H3,(H,17,22). The second-order valence-electron chi connectivity index (χ2n) is 6.34. The van der Waals surface area contributed by atoms with Gasteiger partial charge < -0.3 is 10.2 Å². The maximum absolute atomic E-state index is 12.2. The van der Waals surface area contributed by atoms with Gasteiger partial charge in [0.2, 0.25) is 5.91 Å². The smallest absolute Gasteiger partial charge is 0.234 e. The van der Waals surface area contributed by atoms with Crippen LogP contribution in [0.3, 0.4) is 0 Å². The van der Waals surface area contributed by atoms with Crippen LogP contribution in [0.25, 0.3) is 4.96 Å². The molecule has 7 heteroatoms. The number of hydrogen-bond donors (Lipinski definition) is 1. The molecular weight excluding hydrogens is 310 g/mol. The van der Waals surface area contributed by atoms with Gasteiger partial charge in [0.15, 0.2) is 4.96 Å². The lowest BCUT2D eigenvalue weighted by molar-refractivity contribution is -0.122. The minimum Gasteiger partial charge on any atom is -0.349 e. The topological polar surface area (TPSA) is 52.9 Å². The zero-order valence-corrected chi connectivity index (χ0v) is 14.9. The van der Waals surface area contributed by atoms with E-state index in [4.69, 9.17) is 0 Å². The van der Waals surface area contributed by atoms with Gasteiger partial charge in [-0.15, -0.1) is 11.3 Å². The van der Waals surface area contributed by atoms with E-state index in [1.54, 1.807) is 11.3 Å². The minimum absolute atomic E-state index is 0.0822. The van der Waals surface area contributed by atoms with Crippen molar-refractivity contribution in [1.29, 1.82) is 0 Å². The lowest BCUT2D eigenvalue weighted by Crippen LogP contribution is -2.38. The highest BCUT2D eigenvalue weighted by Crippen LogP contribution is 2.21. The van der Waals surface area contributed by atoms with Crippen molar-refractivity contribution in [3.8, 4) is 0 Å². The third-order valence-electron chi connectivity index (χ3n) is 4.48. The summed E-state index contributed by atoms with van der Waals surface area (Å²) in [5, 5.41) is 3.00. The summed E-state index contributed by atoms with van der Waals surface area (Å²) < 4.78 is 2.10. The molecule has 0 atom stereocenters. The number of aromatic nitrogens is 2. The minimum atomic E-state index is 0.0822. The predicted molar refractivity (Wildman–Crippen MR) is 92.9 cm³/mol. The Morgan fingerprint density at radius 1 is 1.30 bits per heavy atom. The van der Waals surface area contributed by atoms with Gasteiger partial charge in [-0.05, 0) is 40.4 Å². The van der Waals surface area contributed by atoms with Crippen LogP contribution in [0.1, 0.15) is 22.7 Å². The Hall–Kier alpha value is -1.44. The van der Waals surface area contributed by atoms with E-state index in [1.807, 2.05) is 6.20 Å². The van der Waals surface area contributed by atoms with Crippen LogP contribution in [-0.4, -0.2) is 64.9 Å². The summed E-state index contributed by atoms with van der Waals surface area (Å²) in [4.78, 5) is 23.6. The van der Waals surface area contributed by atoms with E-state index < -0.39 is 0 Å². The first-order chi connectivity index (χ1) is 11.0. The molecule has 0 aliphatic carbocycles. The molecule has 2 aromatic rings. The lowest BCUT2D eigenvalue weighted by Gasteiger charge is -2.19. The van der Waals surface area contributed by atoms with E-state index in [0.717, 1.165) is 43.3 Å². The quantitative estimate of drug-likeness (QED) is 0.914. The van der Waals surface area contributed by atoms with Gasteiger partial charge in [-0.2, -0.15) is 0 Å². The molecule has 0 radical (unpaired) electrons. The summed E-state index contributed by atoms with van der Waals surface area (Å²) in [6.45, 7) is 9.28. The van der Waals surface area contributed by atoms with Crippen LogP contribution in [-0.2, 0) is 11.3 Å². The number of carbonyl (C=O) groups is 1. The molecular formula is C16H25N5OS. The largest absolute Gasteiger partial charge is 0.349 e. The number of amides is 1. The van der Waals surface area contributed by atoms with E-state index in [9.17, 15) is 4.79 Å². The SMILES string of the molecule is Cc1sc2nc(CNC(=O)CN3CCCN(C)CC3)cn2c1C.